The third-order valence-corrected chi connectivity index (χ3v) is 5.89. The van der Waals surface area contributed by atoms with E-state index in [0.717, 1.165) is 29.8 Å². The summed E-state index contributed by atoms with van der Waals surface area (Å²) in [7, 11) is 0. The van der Waals surface area contributed by atoms with Crippen LogP contribution in [-0.2, 0) is 11.3 Å². The molecule has 0 aliphatic carbocycles. The van der Waals surface area contributed by atoms with Crippen molar-refractivity contribution in [3.05, 3.63) is 33.9 Å². The maximum Gasteiger partial charge on any atom is 0.312 e. The van der Waals surface area contributed by atoms with Gasteiger partial charge in [-0.15, -0.1) is 0 Å². The van der Waals surface area contributed by atoms with Gasteiger partial charge in [0.2, 0.25) is 0 Å². The van der Waals surface area contributed by atoms with Crippen LogP contribution < -0.4 is 5.32 Å². The van der Waals surface area contributed by atoms with Gasteiger partial charge in [-0.2, -0.15) is 0 Å². The van der Waals surface area contributed by atoms with Crippen molar-refractivity contribution >= 4 is 11.8 Å². The number of aryl methyl sites for hydroxylation is 2. The second-order valence-corrected chi connectivity index (χ2v) is 7.50. The first-order chi connectivity index (χ1) is 11.3. The molecule has 2 N–H and O–H groups in total. The average molecular weight is 330 g/mol. The first kappa shape index (κ1) is 17.1. The molecule has 0 unspecified atom stereocenters. The fraction of sp³-hybridized carbons (Fsp3) is 0.579. The number of hydrogen-bond acceptors (Lipinski definition) is 4. The van der Waals surface area contributed by atoms with E-state index >= 15 is 0 Å². The Hall–Kier alpha value is -1.72. The van der Waals surface area contributed by atoms with E-state index in [2.05, 4.69) is 23.2 Å². The smallest absolute Gasteiger partial charge is 0.312 e. The SMILES string of the molecule is CC(=O)c1c(C)cc(C)c(CN2C[C@@H]3CNC[C@]3(C(=O)O)C2)c1C. The summed E-state index contributed by atoms with van der Waals surface area (Å²) in [6.45, 7) is 11.1. The minimum atomic E-state index is -0.693. The van der Waals surface area contributed by atoms with Crippen LogP contribution >= 0.6 is 0 Å². The van der Waals surface area contributed by atoms with Crippen molar-refractivity contribution in [3.63, 3.8) is 0 Å². The largest absolute Gasteiger partial charge is 0.481 e. The lowest BCUT2D eigenvalue weighted by atomic mass is 9.81. The molecule has 0 amide bonds. The molecule has 1 aromatic carbocycles. The van der Waals surface area contributed by atoms with Crippen LogP contribution in [0.3, 0.4) is 0 Å². The molecular weight excluding hydrogens is 304 g/mol. The summed E-state index contributed by atoms with van der Waals surface area (Å²) in [4.78, 5) is 26.0. The van der Waals surface area contributed by atoms with E-state index in [9.17, 15) is 14.7 Å². The molecule has 0 spiro atoms. The quantitative estimate of drug-likeness (QED) is 0.826. The normalized spacial score (nSPS) is 26.6. The highest BCUT2D eigenvalue weighted by molar-refractivity contribution is 5.97. The molecule has 0 saturated carbocycles. The summed E-state index contributed by atoms with van der Waals surface area (Å²) < 4.78 is 0. The molecule has 5 nitrogen and oxygen atoms in total. The Morgan fingerprint density at radius 3 is 2.62 bits per heavy atom. The highest BCUT2D eigenvalue weighted by atomic mass is 16.4. The van der Waals surface area contributed by atoms with Gasteiger partial charge in [0.15, 0.2) is 5.78 Å². The van der Waals surface area contributed by atoms with E-state index in [1.807, 2.05) is 13.8 Å². The average Bonchev–Trinajstić information content (AvgIpc) is 3.00. The van der Waals surface area contributed by atoms with Gasteiger partial charge in [0.1, 0.15) is 0 Å². The second-order valence-electron chi connectivity index (χ2n) is 7.50. The zero-order chi connectivity index (χ0) is 17.6. The third-order valence-electron chi connectivity index (χ3n) is 5.89. The Morgan fingerprint density at radius 2 is 2.04 bits per heavy atom. The molecule has 3 rings (SSSR count). The van der Waals surface area contributed by atoms with E-state index in [0.29, 0.717) is 19.6 Å². The van der Waals surface area contributed by atoms with Crippen molar-refractivity contribution in [2.24, 2.45) is 11.3 Å². The number of carbonyl (C=O) groups is 2. The van der Waals surface area contributed by atoms with Crippen molar-refractivity contribution in [2.75, 3.05) is 26.2 Å². The maximum absolute atomic E-state index is 12.0. The summed E-state index contributed by atoms with van der Waals surface area (Å²) in [6, 6.07) is 2.07. The number of nitrogens with zero attached hydrogens (tertiary/aromatic N) is 1. The van der Waals surface area contributed by atoms with Gasteiger partial charge in [-0.1, -0.05) is 6.07 Å². The van der Waals surface area contributed by atoms with Crippen LogP contribution in [-0.4, -0.2) is 47.9 Å². The number of aliphatic carboxylic acids is 1. The Kier molecular flexibility index (Phi) is 4.26. The molecule has 2 fully saturated rings. The van der Waals surface area contributed by atoms with Crippen LogP contribution in [0.25, 0.3) is 0 Å². The Bertz CT molecular complexity index is 713. The van der Waals surface area contributed by atoms with E-state index in [1.54, 1.807) is 6.92 Å². The Balaban J connectivity index is 1.89. The van der Waals surface area contributed by atoms with Crippen molar-refractivity contribution in [2.45, 2.75) is 34.2 Å². The van der Waals surface area contributed by atoms with Gasteiger partial charge < -0.3 is 10.4 Å². The van der Waals surface area contributed by atoms with Crippen molar-refractivity contribution in [3.8, 4) is 0 Å². The minimum absolute atomic E-state index is 0.0933. The molecule has 130 valence electrons. The molecule has 0 bridgehead atoms. The fourth-order valence-electron chi connectivity index (χ4n) is 4.68. The van der Waals surface area contributed by atoms with Crippen LogP contribution in [0.15, 0.2) is 6.07 Å². The monoisotopic (exact) mass is 330 g/mol. The Labute approximate surface area is 143 Å². The lowest BCUT2D eigenvalue weighted by Gasteiger charge is -2.24. The molecule has 0 aromatic heterocycles. The number of likely N-dealkylation sites (tertiary alicyclic amines) is 1. The molecular formula is C19H26N2O3. The summed E-state index contributed by atoms with van der Waals surface area (Å²) in [6.07, 6.45) is 0. The lowest BCUT2D eigenvalue weighted by molar-refractivity contribution is -0.148. The number of ketones is 1. The number of carbonyl (C=O) groups excluding carboxylic acids is 1. The van der Waals surface area contributed by atoms with E-state index in [1.165, 1.54) is 11.1 Å². The number of carboxylic acids is 1. The first-order valence-corrected chi connectivity index (χ1v) is 8.53. The summed E-state index contributed by atoms with van der Waals surface area (Å²) in [5, 5.41) is 12.9. The van der Waals surface area contributed by atoms with Crippen molar-refractivity contribution in [1.29, 1.82) is 0 Å². The molecule has 0 radical (unpaired) electrons. The number of Topliss-reactive ketones (excluding diaryl/α,β-unsaturated/α-hetero) is 1. The van der Waals surface area contributed by atoms with Crippen molar-refractivity contribution < 1.29 is 14.7 Å². The summed E-state index contributed by atoms with van der Waals surface area (Å²) >= 11 is 0. The van der Waals surface area contributed by atoms with Gasteiger partial charge in [-0.25, -0.2) is 0 Å². The zero-order valence-corrected chi connectivity index (χ0v) is 14.9. The fourth-order valence-corrected chi connectivity index (χ4v) is 4.68. The maximum atomic E-state index is 12.0. The summed E-state index contributed by atoms with van der Waals surface area (Å²) in [5.41, 5.74) is 4.55. The van der Waals surface area contributed by atoms with E-state index in [-0.39, 0.29) is 11.7 Å². The Morgan fingerprint density at radius 1 is 1.33 bits per heavy atom. The predicted molar refractivity (Wildman–Crippen MR) is 92.4 cm³/mol. The number of nitrogens with one attached hydrogen (secondary N) is 1. The number of carboxylic acid groups (broad SMARTS) is 1. The highest BCUT2D eigenvalue weighted by Crippen LogP contribution is 2.40. The number of benzene rings is 1. The van der Waals surface area contributed by atoms with Gasteiger partial charge in [0, 0.05) is 44.2 Å². The molecule has 2 saturated heterocycles. The number of hydrogen-bond donors (Lipinski definition) is 2. The molecule has 1 aromatic rings. The molecule has 2 atom stereocenters. The van der Waals surface area contributed by atoms with Gasteiger partial charge in [0.05, 0.1) is 5.41 Å². The van der Waals surface area contributed by atoms with E-state index < -0.39 is 11.4 Å². The molecule has 5 heteroatoms. The van der Waals surface area contributed by atoms with Crippen LogP contribution in [0.2, 0.25) is 0 Å². The summed E-state index contributed by atoms with van der Waals surface area (Å²) in [5.74, 6) is -0.439. The van der Waals surface area contributed by atoms with Crippen LogP contribution in [0.1, 0.15) is 39.5 Å². The van der Waals surface area contributed by atoms with Gasteiger partial charge in [-0.3, -0.25) is 14.5 Å². The molecule has 2 heterocycles. The minimum Gasteiger partial charge on any atom is -0.481 e. The van der Waals surface area contributed by atoms with E-state index in [4.69, 9.17) is 0 Å². The predicted octanol–water partition coefficient (Wildman–Crippen LogP) is 1.92. The second kappa shape index (κ2) is 5.97. The van der Waals surface area contributed by atoms with Crippen LogP contribution in [0.5, 0.6) is 0 Å². The molecule has 2 aliphatic heterocycles. The van der Waals surface area contributed by atoms with Gasteiger partial charge in [0.25, 0.3) is 0 Å². The van der Waals surface area contributed by atoms with Crippen LogP contribution in [0.4, 0.5) is 0 Å². The number of fused-ring (bicyclic) bond motifs is 1. The topological polar surface area (TPSA) is 69.6 Å². The standard InChI is InChI=1S/C19H26N2O3/c1-11-5-12(2)17(14(4)22)13(3)16(11)8-21-7-15-6-20-9-19(15,10-21)18(23)24/h5,15,20H,6-10H2,1-4H3,(H,23,24)/t15-,19-/m0/s1. The lowest BCUT2D eigenvalue weighted by Crippen LogP contribution is -2.40. The molecule has 2 aliphatic rings. The molecule has 24 heavy (non-hydrogen) atoms. The van der Waals surface area contributed by atoms with Crippen LogP contribution in [0, 0.1) is 32.1 Å². The van der Waals surface area contributed by atoms with Crippen molar-refractivity contribution in [1.82, 2.24) is 10.2 Å². The first-order valence-electron chi connectivity index (χ1n) is 8.53. The zero-order valence-electron chi connectivity index (χ0n) is 14.9. The van der Waals surface area contributed by atoms with Gasteiger partial charge in [-0.05, 0) is 49.9 Å². The van der Waals surface area contributed by atoms with Gasteiger partial charge >= 0.3 is 5.97 Å². The third kappa shape index (κ3) is 2.56. The number of rotatable bonds is 4. The highest BCUT2D eigenvalue weighted by Gasteiger charge is 2.54.